The van der Waals surface area contributed by atoms with Gasteiger partial charge in [-0.25, -0.2) is 4.99 Å². The maximum atomic E-state index is 11.0. The summed E-state index contributed by atoms with van der Waals surface area (Å²) in [4.78, 5) is 19.9. The van der Waals surface area contributed by atoms with Gasteiger partial charge in [0.1, 0.15) is 5.75 Å². The van der Waals surface area contributed by atoms with Crippen LogP contribution in [0.5, 0.6) is 5.75 Å². The predicted molar refractivity (Wildman–Crippen MR) is 115 cm³/mol. The molecule has 1 N–H and O–H groups in total. The van der Waals surface area contributed by atoms with Gasteiger partial charge in [0.25, 0.3) is 5.69 Å². The van der Waals surface area contributed by atoms with Crippen molar-refractivity contribution in [2.45, 2.75) is 13.5 Å². The molecule has 0 spiro atoms. The first-order valence-corrected chi connectivity index (χ1v) is 9.76. The molecule has 8 heteroatoms. The fraction of sp³-hybridized carbons (Fsp3) is 0.381. The van der Waals surface area contributed by atoms with Gasteiger partial charge in [-0.1, -0.05) is 18.2 Å². The van der Waals surface area contributed by atoms with Gasteiger partial charge in [0, 0.05) is 56.6 Å². The van der Waals surface area contributed by atoms with E-state index in [0.717, 1.165) is 55.7 Å². The summed E-state index contributed by atoms with van der Waals surface area (Å²) in [7, 11) is 1.68. The number of non-ortho nitro benzene ring substituents is 1. The van der Waals surface area contributed by atoms with Crippen molar-refractivity contribution >= 4 is 17.3 Å². The lowest BCUT2D eigenvalue weighted by molar-refractivity contribution is -0.384. The monoisotopic (exact) mass is 397 g/mol. The molecule has 154 valence electrons. The second-order valence-corrected chi connectivity index (χ2v) is 6.77. The van der Waals surface area contributed by atoms with Crippen LogP contribution >= 0.6 is 0 Å². The Balaban J connectivity index is 1.65. The van der Waals surface area contributed by atoms with Gasteiger partial charge in [-0.15, -0.1) is 0 Å². The van der Waals surface area contributed by atoms with Crippen molar-refractivity contribution in [3.63, 3.8) is 0 Å². The highest BCUT2D eigenvalue weighted by Crippen LogP contribution is 2.22. The Morgan fingerprint density at radius 1 is 1.17 bits per heavy atom. The molecule has 1 heterocycles. The van der Waals surface area contributed by atoms with E-state index in [1.165, 1.54) is 6.07 Å². The van der Waals surface area contributed by atoms with Crippen LogP contribution < -0.4 is 15.0 Å². The molecule has 0 radical (unpaired) electrons. The Kier molecular flexibility index (Phi) is 6.89. The number of hydrogen-bond donors (Lipinski definition) is 1. The van der Waals surface area contributed by atoms with Gasteiger partial charge in [-0.2, -0.15) is 0 Å². The number of ether oxygens (including phenoxy) is 1. The average molecular weight is 397 g/mol. The van der Waals surface area contributed by atoms with Gasteiger partial charge < -0.3 is 19.9 Å². The molecule has 0 aromatic heterocycles. The first-order chi connectivity index (χ1) is 14.1. The highest BCUT2D eigenvalue weighted by atomic mass is 16.6. The number of nitrogens with zero attached hydrogens (tertiary/aromatic N) is 4. The Labute approximate surface area is 170 Å². The van der Waals surface area contributed by atoms with Gasteiger partial charge in [-0.05, 0) is 24.6 Å². The lowest BCUT2D eigenvalue weighted by atomic mass is 10.2. The van der Waals surface area contributed by atoms with Crippen molar-refractivity contribution in [2.75, 3.05) is 44.7 Å². The average Bonchev–Trinajstić information content (AvgIpc) is 2.77. The summed E-state index contributed by atoms with van der Waals surface area (Å²) in [6.45, 7) is 6.66. The topological polar surface area (TPSA) is 83.2 Å². The van der Waals surface area contributed by atoms with Gasteiger partial charge in [0.2, 0.25) is 0 Å². The summed E-state index contributed by atoms with van der Waals surface area (Å²) in [6.07, 6.45) is 0. The molecule has 0 amide bonds. The number of benzene rings is 2. The van der Waals surface area contributed by atoms with Gasteiger partial charge in [-0.3, -0.25) is 10.1 Å². The molecule has 0 atom stereocenters. The van der Waals surface area contributed by atoms with Crippen LogP contribution in [0.4, 0.5) is 11.4 Å². The molecule has 0 aliphatic carbocycles. The van der Waals surface area contributed by atoms with Gasteiger partial charge >= 0.3 is 0 Å². The van der Waals surface area contributed by atoms with Crippen molar-refractivity contribution in [3.05, 3.63) is 64.2 Å². The number of hydrogen-bond acceptors (Lipinski definition) is 5. The van der Waals surface area contributed by atoms with E-state index in [1.807, 2.05) is 25.1 Å². The van der Waals surface area contributed by atoms with E-state index in [-0.39, 0.29) is 10.6 Å². The summed E-state index contributed by atoms with van der Waals surface area (Å²) < 4.78 is 5.33. The SMILES string of the molecule is CCNC(=NCc1cccc([N+](=O)[O-])c1)N1CCN(c2cccc(OC)c2)CC1. The summed E-state index contributed by atoms with van der Waals surface area (Å²) in [5.74, 6) is 1.70. The van der Waals surface area contributed by atoms with Gasteiger partial charge in [0.15, 0.2) is 5.96 Å². The summed E-state index contributed by atoms with van der Waals surface area (Å²) in [5, 5.41) is 14.3. The van der Waals surface area contributed by atoms with Crippen LogP contribution in [0.3, 0.4) is 0 Å². The minimum atomic E-state index is -0.379. The van der Waals surface area contributed by atoms with Crippen molar-refractivity contribution in [3.8, 4) is 5.75 Å². The van der Waals surface area contributed by atoms with Crippen molar-refractivity contribution in [1.29, 1.82) is 0 Å². The zero-order valence-corrected chi connectivity index (χ0v) is 16.9. The number of aliphatic imine (C=N–C) groups is 1. The van der Waals surface area contributed by atoms with Gasteiger partial charge in [0.05, 0.1) is 18.6 Å². The fourth-order valence-corrected chi connectivity index (χ4v) is 3.34. The molecule has 0 unspecified atom stereocenters. The molecule has 1 fully saturated rings. The first-order valence-electron chi connectivity index (χ1n) is 9.76. The Morgan fingerprint density at radius 3 is 2.62 bits per heavy atom. The molecule has 3 rings (SSSR count). The Hall–Kier alpha value is -3.29. The molecule has 1 aliphatic heterocycles. The van der Waals surface area contributed by atoms with Crippen molar-refractivity contribution in [1.82, 2.24) is 10.2 Å². The Morgan fingerprint density at radius 2 is 1.93 bits per heavy atom. The summed E-state index contributed by atoms with van der Waals surface area (Å²) in [5.41, 5.74) is 2.07. The standard InChI is InChI=1S/C21H27N5O3/c1-3-22-21(23-16-17-6-4-8-19(14-17)26(27)28)25-12-10-24(11-13-25)18-7-5-9-20(15-18)29-2/h4-9,14-15H,3,10-13,16H2,1-2H3,(H,22,23). The van der Waals surface area contributed by atoms with Crippen molar-refractivity contribution in [2.24, 2.45) is 4.99 Å². The second kappa shape index (κ2) is 9.77. The third kappa shape index (κ3) is 5.37. The van der Waals surface area contributed by atoms with E-state index < -0.39 is 0 Å². The van der Waals surface area contributed by atoms with E-state index in [9.17, 15) is 10.1 Å². The van der Waals surface area contributed by atoms with E-state index in [1.54, 1.807) is 19.2 Å². The van der Waals surface area contributed by atoms with Crippen LogP contribution in [0.2, 0.25) is 0 Å². The summed E-state index contributed by atoms with van der Waals surface area (Å²) >= 11 is 0. The van der Waals surface area contributed by atoms with E-state index in [2.05, 4.69) is 27.2 Å². The number of guanidine groups is 1. The third-order valence-corrected chi connectivity index (χ3v) is 4.87. The molecule has 0 bridgehead atoms. The van der Waals surface area contributed by atoms with E-state index in [4.69, 9.17) is 9.73 Å². The molecule has 29 heavy (non-hydrogen) atoms. The number of nitrogens with one attached hydrogen (secondary N) is 1. The summed E-state index contributed by atoms with van der Waals surface area (Å²) in [6, 6.07) is 14.7. The smallest absolute Gasteiger partial charge is 0.269 e. The fourth-order valence-electron chi connectivity index (χ4n) is 3.34. The number of rotatable bonds is 6. The molecule has 1 aliphatic rings. The Bertz CT molecular complexity index is 863. The molecule has 2 aromatic rings. The minimum absolute atomic E-state index is 0.0922. The molecular weight excluding hydrogens is 370 g/mol. The van der Waals surface area contributed by atoms with Crippen LogP contribution in [-0.2, 0) is 6.54 Å². The second-order valence-electron chi connectivity index (χ2n) is 6.77. The zero-order chi connectivity index (χ0) is 20.6. The number of piperazine rings is 1. The number of nitro benzene ring substituents is 1. The number of anilines is 1. The number of methoxy groups -OCH3 is 1. The molecule has 1 saturated heterocycles. The molecule has 2 aromatic carbocycles. The molecular formula is C21H27N5O3. The van der Waals surface area contributed by atoms with Crippen LogP contribution in [0, 0.1) is 10.1 Å². The predicted octanol–water partition coefficient (Wildman–Crippen LogP) is 2.89. The molecule has 8 nitrogen and oxygen atoms in total. The van der Waals surface area contributed by atoms with Crippen LogP contribution in [0.25, 0.3) is 0 Å². The lowest BCUT2D eigenvalue weighted by Crippen LogP contribution is -2.52. The van der Waals surface area contributed by atoms with Crippen LogP contribution in [0.15, 0.2) is 53.5 Å². The molecule has 0 saturated carbocycles. The zero-order valence-electron chi connectivity index (χ0n) is 16.9. The minimum Gasteiger partial charge on any atom is -0.497 e. The maximum Gasteiger partial charge on any atom is 0.269 e. The van der Waals surface area contributed by atoms with Crippen LogP contribution in [0.1, 0.15) is 12.5 Å². The largest absolute Gasteiger partial charge is 0.497 e. The van der Waals surface area contributed by atoms with Crippen LogP contribution in [-0.4, -0.2) is 55.6 Å². The van der Waals surface area contributed by atoms with Crippen molar-refractivity contribution < 1.29 is 9.66 Å². The quantitative estimate of drug-likeness (QED) is 0.349. The highest BCUT2D eigenvalue weighted by molar-refractivity contribution is 5.80. The van der Waals surface area contributed by atoms with E-state index >= 15 is 0 Å². The first kappa shape index (κ1) is 20.4. The normalized spacial score (nSPS) is 14.6. The maximum absolute atomic E-state index is 11.0. The van der Waals surface area contributed by atoms with E-state index in [0.29, 0.717) is 6.54 Å². The lowest BCUT2D eigenvalue weighted by Gasteiger charge is -2.37. The highest BCUT2D eigenvalue weighted by Gasteiger charge is 2.20. The third-order valence-electron chi connectivity index (χ3n) is 4.87. The number of nitro groups is 1.